The minimum absolute atomic E-state index is 0.143. The summed E-state index contributed by atoms with van der Waals surface area (Å²) in [6.45, 7) is 5.71. The van der Waals surface area contributed by atoms with E-state index in [1.165, 1.54) is 11.3 Å². The van der Waals surface area contributed by atoms with E-state index in [0.717, 1.165) is 24.4 Å². The molecule has 1 N–H and O–H groups in total. The fourth-order valence-corrected chi connectivity index (χ4v) is 2.63. The third kappa shape index (κ3) is 3.00. The third-order valence-electron chi connectivity index (χ3n) is 2.96. The molecule has 1 aliphatic rings. The Morgan fingerprint density at radius 3 is 3.22 bits per heavy atom. The Morgan fingerprint density at radius 1 is 1.72 bits per heavy atom. The number of esters is 1. The van der Waals surface area contributed by atoms with Crippen LogP contribution >= 0.6 is 11.3 Å². The fraction of sp³-hybridized carbons (Fsp3) is 0.667. The van der Waals surface area contributed by atoms with Crippen LogP contribution in [0.3, 0.4) is 0 Å². The van der Waals surface area contributed by atoms with E-state index in [-0.39, 0.29) is 11.6 Å². The summed E-state index contributed by atoms with van der Waals surface area (Å²) in [6.07, 6.45) is 2.12. The lowest BCUT2D eigenvalue weighted by molar-refractivity contribution is 0.0314. The van der Waals surface area contributed by atoms with Crippen LogP contribution in [0, 0.1) is 0 Å². The summed E-state index contributed by atoms with van der Waals surface area (Å²) < 4.78 is 10.6. The van der Waals surface area contributed by atoms with Crippen LogP contribution in [0.2, 0.25) is 0 Å². The van der Waals surface area contributed by atoms with Crippen molar-refractivity contribution in [2.75, 3.05) is 25.1 Å². The second-order valence-corrected chi connectivity index (χ2v) is 5.36. The predicted octanol–water partition coefficient (Wildman–Crippen LogP) is 2.30. The molecule has 0 bridgehead atoms. The number of ether oxygens (including phenoxy) is 2. The second kappa shape index (κ2) is 5.67. The summed E-state index contributed by atoms with van der Waals surface area (Å²) in [5.74, 6) is -0.376. The normalized spacial score (nSPS) is 23.0. The zero-order chi connectivity index (χ0) is 13.0. The summed E-state index contributed by atoms with van der Waals surface area (Å²) >= 11 is 1.41. The maximum absolute atomic E-state index is 11.7. The van der Waals surface area contributed by atoms with E-state index in [9.17, 15) is 4.79 Å². The standard InChI is InChI=1S/C12H18N2O3S/c1-3-16-11(15)9-10(18-8-14-9)13-7-12(2)5-4-6-17-12/h8,13H,3-7H2,1-2H3. The average Bonchev–Trinajstić information content (AvgIpc) is 2.96. The molecule has 5 nitrogen and oxygen atoms in total. The van der Waals surface area contributed by atoms with Crippen LogP contribution in [0.15, 0.2) is 5.51 Å². The molecule has 1 atom stereocenters. The molecule has 1 aliphatic heterocycles. The quantitative estimate of drug-likeness (QED) is 0.832. The minimum atomic E-state index is -0.376. The first-order valence-electron chi connectivity index (χ1n) is 6.13. The van der Waals surface area contributed by atoms with Crippen molar-refractivity contribution in [1.82, 2.24) is 4.98 Å². The lowest BCUT2D eigenvalue weighted by Gasteiger charge is -2.23. The van der Waals surface area contributed by atoms with E-state index < -0.39 is 0 Å². The van der Waals surface area contributed by atoms with Gasteiger partial charge in [-0.3, -0.25) is 0 Å². The van der Waals surface area contributed by atoms with Gasteiger partial charge in [0, 0.05) is 13.2 Å². The zero-order valence-electron chi connectivity index (χ0n) is 10.7. The molecule has 1 aromatic heterocycles. The van der Waals surface area contributed by atoms with Gasteiger partial charge in [-0.15, -0.1) is 11.3 Å². The molecule has 2 rings (SSSR count). The highest BCUT2D eigenvalue weighted by atomic mass is 32.1. The first-order valence-corrected chi connectivity index (χ1v) is 7.01. The Hall–Kier alpha value is -1.14. The maximum Gasteiger partial charge on any atom is 0.360 e. The second-order valence-electron chi connectivity index (χ2n) is 4.51. The van der Waals surface area contributed by atoms with Gasteiger partial charge in [0.05, 0.1) is 17.7 Å². The Labute approximate surface area is 111 Å². The molecule has 0 spiro atoms. The van der Waals surface area contributed by atoms with Crippen LogP contribution in [0.5, 0.6) is 0 Å². The van der Waals surface area contributed by atoms with Crippen molar-refractivity contribution in [3.63, 3.8) is 0 Å². The van der Waals surface area contributed by atoms with Crippen molar-refractivity contribution in [1.29, 1.82) is 0 Å². The highest BCUT2D eigenvalue weighted by molar-refractivity contribution is 7.14. The van der Waals surface area contributed by atoms with E-state index in [2.05, 4.69) is 17.2 Å². The number of carbonyl (C=O) groups excluding carboxylic acids is 1. The molecule has 1 saturated heterocycles. The molecule has 0 radical (unpaired) electrons. The molecule has 1 fully saturated rings. The molecule has 18 heavy (non-hydrogen) atoms. The first kappa shape index (κ1) is 13.3. The van der Waals surface area contributed by atoms with Crippen LogP contribution in [0.1, 0.15) is 37.2 Å². The van der Waals surface area contributed by atoms with Gasteiger partial charge in [0.1, 0.15) is 5.00 Å². The van der Waals surface area contributed by atoms with Crippen molar-refractivity contribution in [2.45, 2.75) is 32.3 Å². The number of rotatable bonds is 5. The van der Waals surface area contributed by atoms with E-state index >= 15 is 0 Å². The van der Waals surface area contributed by atoms with E-state index in [1.807, 2.05) is 0 Å². The largest absolute Gasteiger partial charge is 0.461 e. The summed E-state index contributed by atoms with van der Waals surface area (Å²) in [5.41, 5.74) is 1.87. The summed E-state index contributed by atoms with van der Waals surface area (Å²) in [4.78, 5) is 15.7. The average molecular weight is 270 g/mol. The number of thiazole rings is 1. The lowest BCUT2D eigenvalue weighted by Crippen LogP contribution is -2.32. The van der Waals surface area contributed by atoms with Gasteiger partial charge in [-0.25, -0.2) is 9.78 Å². The fourth-order valence-electron chi connectivity index (χ4n) is 1.96. The Kier molecular flexibility index (Phi) is 4.19. The molecular formula is C12H18N2O3S. The van der Waals surface area contributed by atoms with Crippen LogP contribution in [-0.2, 0) is 9.47 Å². The molecule has 0 saturated carbocycles. The van der Waals surface area contributed by atoms with Crippen molar-refractivity contribution < 1.29 is 14.3 Å². The summed E-state index contributed by atoms with van der Waals surface area (Å²) in [5, 5.41) is 4.00. The first-order chi connectivity index (χ1) is 8.64. The maximum atomic E-state index is 11.7. The number of hydrogen-bond acceptors (Lipinski definition) is 6. The van der Waals surface area contributed by atoms with Gasteiger partial charge in [-0.05, 0) is 26.7 Å². The Morgan fingerprint density at radius 2 is 2.56 bits per heavy atom. The number of aromatic nitrogens is 1. The predicted molar refractivity (Wildman–Crippen MR) is 70.2 cm³/mol. The Bertz CT molecular complexity index is 413. The molecule has 2 heterocycles. The smallest absolute Gasteiger partial charge is 0.360 e. The molecule has 100 valence electrons. The third-order valence-corrected chi connectivity index (χ3v) is 3.74. The van der Waals surface area contributed by atoms with Gasteiger partial charge in [0.25, 0.3) is 0 Å². The van der Waals surface area contributed by atoms with E-state index in [4.69, 9.17) is 9.47 Å². The number of hydrogen-bond donors (Lipinski definition) is 1. The minimum Gasteiger partial charge on any atom is -0.461 e. The van der Waals surface area contributed by atoms with E-state index in [1.54, 1.807) is 12.4 Å². The zero-order valence-corrected chi connectivity index (χ0v) is 11.5. The lowest BCUT2D eigenvalue weighted by atomic mass is 10.0. The SMILES string of the molecule is CCOC(=O)c1ncsc1NCC1(C)CCCO1. The van der Waals surface area contributed by atoms with Crippen molar-refractivity contribution in [3.8, 4) is 0 Å². The van der Waals surface area contributed by atoms with Crippen LogP contribution in [-0.4, -0.2) is 36.3 Å². The summed E-state index contributed by atoms with van der Waals surface area (Å²) in [6, 6.07) is 0. The van der Waals surface area contributed by atoms with E-state index in [0.29, 0.717) is 18.8 Å². The topological polar surface area (TPSA) is 60.5 Å². The van der Waals surface area contributed by atoms with Gasteiger partial charge in [0.2, 0.25) is 0 Å². The van der Waals surface area contributed by atoms with Gasteiger partial charge >= 0.3 is 5.97 Å². The number of nitrogens with one attached hydrogen (secondary N) is 1. The van der Waals surface area contributed by atoms with Crippen LogP contribution in [0.25, 0.3) is 0 Å². The van der Waals surface area contributed by atoms with Crippen molar-refractivity contribution >= 4 is 22.3 Å². The van der Waals surface area contributed by atoms with Gasteiger partial charge in [-0.1, -0.05) is 0 Å². The Balaban J connectivity index is 1.97. The number of carbonyl (C=O) groups is 1. The highest BCUT2D eigenvalue weighted by Gasteiger charge is 2.30. The molecule has 6 heteroatoms. The van der Waals surface area contributed by atoms with Crippen molar-refractivity contribution in [2.24, 2.45) is 0 Å². The molecule has 0 aliphatic carbocycles. The molecule has 0 amide bonds. The molecular weight excluding hydrogens is 252 g/mol. The molecule has 1 aromatic rings. The van der Waals surface area contributed by atoms with Crippen LogP contribution in [0.4, 0.5) is 5.00 Å². The molecule has 0 aromatic carbocycles. The molecule has 1 unspecified atom stereocenters. The number of anilines is 1. The highest BCUT2D eigenvalue weighted by Crippen LogP contribution is 2.27. The van der Waals surface area contributed by atoms with Crippen LogP contribution < -0.4 is 5.32 Å². The van der Waals surface area contributed by atoms with Gasteiger partial charge in [0.15, 0.2) is 5.69 Å². The summed E-state index contributed by atoms with van der Waals surface area (Å²) in [7, 11) is 0. The number of nitrogens with zero attached hydrogens (tertiary/aromatic N) is 1. The van der Waals surface area contributed by atoms with Gasteiger partial charge in [-0.2, -0.15) is 0 Å². The van der Waals surface area contributed by atoms with Gasteiger partial charge < -0.3 is 14.8 Å². The monoisotopic (exact) mass is 270 g/mol. The van der Waals surface area contributed by atoms with Crippen molar-refractivity contribution in [3.05, 3.63) is 11.2 Å².